The first-order chi connectivity index (χ1) is 6.04. The molecule has 0 amide bonds. The Balaban J connectivity index is 3.80. The number of hydrogen-bond acceptors (Lipinski definition) is 4. The second-order valence-electron chi connectivity index (χ2n) is 3.84. The quantitative estimate of drug-likeness (QED) is 0.412. The van der Waals surface area contributed by atoms with Crippen LogP contribution in [0.3, 0.4) is 0 Å². The van der Waals surface area contributed by atoms with E-state index in [0.29, 0.717) is 19.0 Å². The van der Waals surface area contributed by atoms with Crippen molar-refractivity contribution in [3.63, 3.8) is 0 Å². The van der Waals surface area contributed by atoms with E-state index in [2.05, 4.69) is 6.92 Å². The van der Waals surface area contributed by atoms with E-state index in [0.717, 1.165) is 25.7 Å². The Kier molecular flexibility index (Phi) is 6.24. The topological polar surface area (TPSA) is 104 Å². The summed E-state index contributed by atoms with van der Waals surface area (Å²) in [5.41, 5.74) is 22.2. The van der Waals surface area contributed by atoms with E-state index >= 15 is 0 Å². The predicted octanol–water partition coefficient (Wildman–Crippen LogP) is -0.286. The van der Waals surface area contributed by atoms with Crippen molar-refractivity contribution in [2.75, 3.05) is 13.1 Å². The number of hydrogen-bond donors (Lipinski definition) is 4. The Hall–Kier alpha value is -0.160. The summed E-state index contributed by atoms with van der Waals surface area (Å²) >= 11 is 0. The molecule has 0 spiro atoms. The van der Waals surface area contributed by atoms with Gasteiger partial charge in [-0.05, 0) is 44.7 Å². The molecule has 4 nitrogen and oxygen atoms in total. The highest BCUT2D eigenvalue weighted by Gasteiger charge is 2.25. The maximum absolute atomic E-state index is 5.97. The summed E-state index contributed by atoms with van der Waals surface area (Å²) in [5, 5.41) is 0. The highest BCUT2D eigenvalue weighted by Crippen LogP contribution is 2.18. The molecular formula is C9H24N4. The standard InChI is InChI=1S/C9H24N4/c1-8(4-2-6-10)9(12,13)5-3-7-11/h8H,2-7,10-13H2,1H3. The third-order valence-corrected chi connectivity index (χ3v) is 2.57. The Morgan fingerprint density at radius 1 is 1.08 bits per heavy atom. The summed E-state index contributed by atoms with van der Waals surface area (Å²) < 4.78 is 0. The van der Waals surface area contributed by atoms with Gasteiger partial charge in [-0.1, -0.05) is 6.92 Å². The van der Waals surface area contributed by atoms with Crippen LogP contribution < -0.4 is 22.9 Å². The van der Waals surface area contributed by atoms with Crippen molar-refractivity contribution < 1.29 is 0 Å². The molecule has 0 rings (SSSR count). The lowest BCUT2D eigenvalue weighted by molar-refractivity contribution is 0.257. The van der Waals surface area contributed by atoms with Gasteiger partial charge in [0.05, 0.1) is 5.66 Å². The summed E-state index contributed by atoms with van der Waals surface area (Å²) in [7, 11) is 0. The van der Waals surface area contributed by atoms with Gasteiger partial charge in [0.15, 0.2) is 0 Å². The van der Waals surface area contributed by atoms with Crippen LogP contribution in [0, 0.1) is 5.92 Å². The van der Waals surface area contributed by atoms with Gasteiger partial charge in [0.1, 0.15) is 0 Å². The van der Waals surface area contributed by atoms with E-state index in [1.807, 2.05) is 0 Å². The molecule has 13 heavy (non-hydrogen) atoms. The maximum Gasteiger partial charge on any atom is 0.0663 e. The maximum atomic E-state index is 5.97. The van der Waals surface area contributed by atoms with Gasteiger partial charge in [0.25, 0.3) is 0 Å². The van der Waals surface area contributed by atoms with Crippen LogP contribution in [0.15, 0.2) is 0 Å². The van der Waals surface area contributed by atoms with Crippen molar-refractivity contribution in [2.45, 2.75) is 38.3 Å². The Bertz CT molecular complexity index is 125. The lowest BCUT2D eigenvalue weighted by Gasteiger charge is -2.31. The summed E-state index contributed by atoms with van der Waals surface area (Å²) in [6, 6.07) is 0. The van der Waals surface area contributed by atoms with Gasteiger partial charge >= 0.3 is 0 Å². The fourth-order valence-corrected chi connectivity index (χ4v) is 1.35. The normalized spacial score (nSPS) is 14.5. The molecule has 0 aromatic carbocycles. The van der Waals surface area contributed by atoms with Crippen molar-refractivity contribution in [1.29, 1.82) is 0 Å². The van der Waals surface area contributed by atoms with Gasteiger partial charge in [-0.25, -0.2) is 0 Å². The molecule has 0 saturated carbocycles. The largest absolute Gasteiger partial charge is 0.330 e. The lowest BCUT2D eigenvalue weighted by atomic mass is 9.88. The third-order valence-electron chi connectivity index (χ3n) is 2.57. The van der Waals surface area contributed by atoms with Gasteiger partial charge in [0, 0.05) is 0 Å². The van der Waals surface area contributed by atoms with Crippen LogP contribution in [0.4, 0.5) is 0 Å². The van der Waals surface area contributed by atoms with Crippen molar-refractivity contribution in [1.82, 2.24) is 0 Å². The molecule has 8 N–H and O–H groups in total. The second kappa shape index (κ2) is 6.32. The van der Waals surface area contributed by atoms with Crippen LogP contribution in [-0.4, -0.2) is 18.8 Å². The fraction of sp³-hybridized carbons (Fsp3) is 1.00. The molecule has 0 aliphatic heterocycles. The molecule has 0 bridgehead atoms. The highest BCUT2D eigenvalue weighted by molar-refractivity contribution is 4.82. The van der Waals surface area contributed by atoms with Gasteiger partial charge in [-0.3, -0.25) is 0 Å². The van der Waals surface area contributed by atoms with Crippen LogP contribution in [0.25, 0.3) is 0 Å². The summed E-state index contributed by atoms with van der Waals surface area (Å²) in [6.45, 7) is 3.43. The molecule has 0 aliphatic rings. The van der Waals surface area contributed by atoms with Crippen LogP contribution in [0.1, 0.15) is 32.6 Å². The van der Waals surface area contributed by atoms with Crippen molar-refractivity contribution in [2.24, 2.45) is 28.9 Å². The summed E-state index contributed by atoms with van der Waals surface area (Å²) in [5.74, 6) is 0.308. The Morgan fingerprint density at radius 2 is 1.62 bits per heavy atom. The zero-order valence-electron chi connectivity index (χ0n) is 8.63. The van der Waals surface area contributed by atoms with Crippen molar-refractivity contribution >= 4 is 0 Å². The molecule has 0 heterocycles. The molecule has 80 valence electrons. The molecule has 0 aromatic rings. The summed E-state index contributed by atoms with van der Waals surface area (Å²) in [6.07, 6.45) is 3.66. The molecule has 1 unspecified atom stereocenters. The van der Waals surface area contributed by atoms with Crippen LogP contribution >= 0.6 is 0 Å². The van der Waals surface area contributed by atoms with E-state index in [4.69, 9.17) is 22.9 Å². The molecule has 0 fully saturated rings. The average molecular weight is 188 g/mol. The Labute approximate surface area is 81.0 Å². The predicted molar refractivity (Wildman–Crippen MR) is 56.8 cm³/mol. The lowest BCUT2D eigenvalue weighted by Crippen LogP contribution is -2.55. The smallest absolute Gasteiger partial charge is 0.0663 e. The minimum atomic E-state index is -0.575. The van der Waals surface area contributed by atoms with E-state index in [-0.39, 0.29) is 0 Å². The second-order valence-corrected chi connectivity index (χ2v) is 3.84. The van der Waals surface area contributed by atoms with Gasteiger partial charge in [0.2, 0.25) is 0 Å². The highest BCUT2D eigenvalue weighted by atomic mass is 15.0. The molecule has 0 aromatic heterocycles. The molecule has 0 radical (unpaired) electrons. The molecule has 0 saturated heterocycles. The first-order valence-electron chi connectivity index (χ1n) is 5.02. The van der Waals surface area contributed by atoms with E-state index < -0.39 is 5.66 Å². The first-order valence-corrected chi connectivity index (χ1v) is 5.02. The number of rotatable bonds is 7. The molecule has 4 heteroatoms. The first kappa shape index (κ1) is 12.8. The van der Waals surface area contributed by atoms with E-state index in [1.54, 1.807) is 0 Å². The van der Waals surface area contributed by atoms with Crippen LogP contribution in [0.2, 0.25) is 0 Å². The zero-order chi connectivity index (χ0) is 10.3. The average Bonchev–Trinajstić information content (AvgIpc) is 2.10. The SMILES string of the molecule is CC(CCCN)C(N)(N)CCCN. The monoisotopic (exact) mass is 188 g/mol. The van der Waals surface area contributed by atoms with Crippen molar-refractivity contribution in [3.05, 3.63) is 0 Å². The minimum absolute atomic E-state index is 0.308. The summed E-state index contributed by atoms with van der Waals surface area (Å²) in [4.78, 5) is 0. The third kappa shape index (κ3) is 5.21. The molecular weight excluding hydrogens is 164 g/mol. The van der Waals surface area contributed by atoms with Gasteiger partial charge in [-0.2, -0.15) is 0 Å². The van der Waals surface area contributed by atoms with Gasteiger partial charge in [-0.15, -0.1) is 0 Å². The number of nitrogens with two attached hydrogens (primary N) is 4. The fourth-order valence-electron chi connectivity index (χ4n) is 1.35. The van der Waals surface area contributed by atoms with Crippen LogP contribution in [-0.2, 0) is 0 Å². The van der Waals surface area contributed by atoms with E-state index in [9.17, 15) is 0 Å². The molecule has 1 atom stereocenters. The van der Waals surface area contributed by atoms with Crippen molar-refractivity contribution in [3.8, 4) is 0 Å². The van der Waals surface area contributed by atoms with Crippen LogP contribution in [0.5, 0.6) is 0 Å². The minimum Gasteiger partial charge on any atom is -0.330 e. The molecule has 0 aliphatic carbocycles. The Morgan fingerprint density at radius 3 is 2.08 bits per heavy atom. The van der Waals surface area contributed by atoms with Gasteiger partial charge < -0.3 is 22.9 Å². The zero-order valence-corrected chi connectivity index (χ0v) is 8.63. The van der Waals surface area contributed by atoms with E-state index in [1.165, 1.54) is 0 Å².